The van der Waals surface area contributed by atoms with Gasteiger partial charge in [-0.05, 0) is 35.1 Å². The van der Waals surface area contributed by atoms with Crippen molar-refractivity contribution in [2.75, 3.05) is 12.4 Å². The molecule has 11 heteroatoms. The van der Waals surface area contributed by atoms with Crippen LogP contribution in [0.15, 0.2) is 23.2 Å². The molecule has 2 rings (SSSR count). The first-order chi connectivity index (χ1) is 13.9. The fourth-order valence-corrected chi connectivity index (χ4v) is 4.06. The van der Waals surface area contributed by atoms with Crippen molar-refractivity contribution in [3.05, 3.63) is 40.0 Å². The van der Waals surface area contributed by atoms with E-state index in [1.807, 2.05) is 32.4 Å². The van der Waals surface area contributed by atoms with Crippen LogP contribution >= 0.6 is 11.6 Å². The standard InChI is InChI=1S/C19H26ClN5O4S/c1-10(2)13-7-12(20)8-14(11(3)4)17(13)22-19(27)24-30(28,29)16-9-15(18(26)21-5)25(6)23-16/h7-11H,1-6H3,(H,21,26)(H2,22,24,27). The average molecular weight is 456 g/mol. The normalized spacial score (nSPS) is 11.6. The van der Waals surface area contributed by atoms with E-state index in [9.17, 15) is 18.0 Å². The molecule has 3 amide bonds. The van der Waals surface area contributed by atoms with Crippen LogP contribution in [-0.4, -0.2) is 37.2 Å². The number of aryl methyl sites for hydroxylation is 1. The lowest BCUT2D eigenvalue weighted by molar-refractivity contribution is 0.0953. The summed E-state index contributed by atoms with van der Waals surface area (Å²) in [4.78, 5) is 24.4. The highest BCUT2D eigenvalue weighted by molar-refractivity contribution is 7.90. The van der Waals surface area contributed by atoms with Gasteiger partial charge in [-0.2, -0.15) is 13.5 Å². The maximum absolute atomic E-state index is 12.6. The van der Waals surface area contributed by atoms with E-state index < -0.39 is 27.0 Å². The number of rotatable bonds is 6. The van der Waals surface area contributed by atoms with Gasteiger partial charge in [0.2, 0.25) is 0 Å². The van der Waals surface area contributed by atoms with Gasteiger partial charge in [0.15, 0.2) is 5.03 Å². The van der Waals surface area contributed by atoms with Crippen molar-refractivity contribution in [1.29, 1.82) is 0 Å². The Hall–Kier alpha value is -2.59. The Kier molecular flexibility index (Phi) is 7.14. The van der Waals surface area contributed by atoms with Crippen molar-refractivity contribution >= 4 is 39.2 Å². The highest BCUT2D eigenvalue weighted by Crippen LogP contribution is 2.35. The highest BCUT2D eigenvalue weighted by Gasteiger charge is 2.25. The summed E-state index contributed by atoms with van der Waals surface area (Å²) in [6, 6.07) is 3.65. The molecule has 0 fully saturated rings. The molecular weight excluding hydrogens is 430 g/mol. The van der Waals surface area contributed by atoms with Gasteiger partial charge in [-0.25, -0.2) is 9.52 Å². The van der Waals surface area contributed by atoms with E-state index >= 15 is 0 Å². The number of sulfonamides is 1. The number of hydrogen-bond acceptors (Lipinski definition) is 5. The van der Waals surface area contributed by atoms with Crippen LogP contribution in [0.3, 0.4) is 0 Å². The summed E-state index contributed by atoms with van der Waals surface area (Å²) in [7, 11) is -1.45. The number of hydrogen-bond donors (Lipinski definition) is 3. The van der Waals surface area contributed by atoms with Crippen molar-refractivity contribution in [2.45, 2.75) is 44.6 Å². The van der Waals surface area contributed by atoms with E-state index in [1.54, 1.807) is 12.1 Å². The van der Waals surface area contributed by atoms with Gasteiger partial charge in [-0.1, -0.05) is 39.3 Å². The van der Waals surface area contributed by atoms with E-state index in [4.69, 9.17) is 11.6 Å². The Bertz CT molecular complexity index is 1050. The Morgan fingerprint density at radius 1 is 1.07 bits per heavy atom. The Labute approximate surface area is 181 Å². The van der Waals surface area contributed by atoms with Gasteiger partial charge in [-0.15, -0.1) is 0 Å². The van der Waals surface area contributed by atoms with Gasteiger partial charge < -0.3 is 10.6 Å². The number of amides is 3. The number of nitrogens with one attached hydrogen (secondary N) is 3. The minimum atomic E-state index is -4.30. The molecule has 0 radical (unpaired) electrons. The first-order valence-corrected chi connectivity index (χ1v) is 11.2. The van der Waals surface area contributed by atoms with E-state index in [0.29, 0.717) is 10.7 Å². The fourth-order valence-electron chi connectivity index (χ4n) is 2.93. The highest BCUT2D eigenvalue weighted by atomic mass is 35.5. The van der Waals surface area contributed by atoms with Crippen LogP contribution in [0.5, 0.6) is 0 Å². The fraction of sp³-hybridized carbons (Fsp3) is 0.421. The zero-order valence-corrected chi connectivity index (χ0v) is 19.3. The van der Waals surface area contributed by atoms with E-state index in [-0.39, 0.29) is 17.5 Å². The predicted molar refractivity (Wildman–Crippen MR) is 116 cm³/mol. The molecule has 1 aromatic carbocycles. The number of halogens is 1. The van der Waals surface area contributed by atoms with E-state index in [1.165, 1.54) is 14.1 Å². The smallest absolute Gasteiger partial charge is 0.333 e. The molecule has 0 saturated heterocycles. The lowest BCUT2D eigenvalue weighted by atomic mass is 9.92. The molecule has 0 bridgehead atoms. The topological polar surface area (TPSA) is 122 Å². The lowest BCUT2D eigenvalue weighted by Gasteiger charge is -2.21. The van der Waals surface area contributed by atoms with Gasteiger partial charge in [0, 0.05) is 30.9 Å². The largest absolute Gasteiger partial charge is 0.354 e. The predicted octanol–water partition coefficient (Wildman–Crippen LogP) is 3.19. The Morgan fingerprint density at radius 3 is 2.07 bits per heavy atom. The minimum absolute atomic E-state index is 0.0408. The van der Waals surface area contributed by atoms with Crippen LogP contribution in [-0.2, 0) is 17.1 Å². The molecule has 3 N–H and O–H groups in total. The van der Waals surface area contributed by atoms with Crippen molar-refractivity contribution in [3.63, 3.8) is 0 Å². The molecular formula is C19H26ClN5O4S. The summed E-state index contributed by atoms with van der Waals surface area (Å²) in [5, 5.41) is 8.96. The molecule has 1 heterocycles. The van der Waals surface area contributed by atoms with E-state index in [0.717, 1.165) is 21.9 Å². The van der Waals surface area contributed by atoms with Crippen molar-refractivity contribution in [3.8, 4) is 0 Å². The minimum Gasteiger partial charge on any atom is -0.354 e. The molecule has 164 valence electrons. The molecule has 0 unspecified atom stereocenters. The molecule has 0 aliphatic carbocycles. The second-order valence-electron chi connectivity index (χ2n) is 7.40. The maximum atomic E-state index is 12.6. The van der Waals surface area contributed by atoms with Crippen LogP contribution in [0.2, 0.25) is 5.02 Å². The maximum Gasteiger partial charge on any atom is 0.333 e. The van der Waals surface area contributed by atoms with Crippen LogP contribution in [0.25, 0.3) is 0 Å². The lowest BCUT2D eigenvalue weighted by Crippen LogP contribution is -2.35. The molecule has 1 aromatic heterocycles. The van der Waals surface area contributed by atoms with Gasteiger partial charge in [-0.3, -0.25) is 9.48 Å². The number of benzene rings is 1. The average Bonchev–Trinajstić information content (AvgIpc) is 3.04. The number of anilines is 1. The molecule has 0 atom stereocenters. The summed E-state index contributed by atoms with van der Waals surface area (Å²) in [6.07, 6.45) is 0. The van der Waals surface area contributed by atoms with Crippen LogP contribution in [0, 0.1) is 0 Å². The number of carbonyl (C=O) groups excluding carboxylic acids is 2. The SMILES string of the molecule is CNC(=O)c1cc(S(=O)(=O)NC(=O)Nc2c(C(C)C)cc(Cl)cc2C(C)C)nn1C. The van der Waals surface area contributed by atoms with Crippen LogP contribution < -0.4 is 15.4 Å². The zero-order valence-electron chi connectivity index (χ0n) is 17.7. The van der Waals surface area contributed by atoms with Crippen molar-refractivity contribution in [1.82, 2.24) is 19.8 Å². The summed E-state index contributed by atoms with van der Waals surface area (Å²) >= 11 is 6.22. The van der Waals surface area contributed by atoms with Gasteiger partial charge in [0.05, 0.1) is 0 Å². The second kappa shape index (κ2) is 9.05. The summed E-state index contributed by atoms with van der Waals surface area (Å²) in [5.41, 5.74) is 2.14. The Balaban J connectivity index is 2.35. The zero-order chi connectivity index (χ0) is 22.8. The molecule has 30 heavy (non-hydrogen) atoms. The van der Waals surface area contributed by atoms with Crippen molar-refractivity contribution < 1.29 is 18.0 Å². The molecule has 0 spiro atoms. The van der Waals surface area contributed by atoms with Gasteiger partial charge >= 0.3 is 6.03 Å². The quantitative estimate of drug-likeness (QED) is 0.617. The van der Waals surface area contributed by atoms with E-state index in [2.05, 4.69) is 15.7 Å². The summed E-state index contributed by atoms with van der Waals surface area (Å²) < 4.78 is 28.3. The second-order valence-corrected chi connectivity index (χ2v) is 9.46. The molecule has 0 aliphatic rings. The third-order valence-corrected chi connectivity index (χ3v) is 5.89. The van der Waals surface area contributed by atoms with Crippen LogP contribution in [0.1, 0.15) is 61.1 Å². The summed E-state index contributed by atoms with van der Waals surface area (Å²) in [5.74, 6) is -0.418. The number of carbonyl (C=O) groups is 2. The monoisotopic (exact) mass is 455 g/mol. The third-order valence-electron chi connectivity index (χ3n) is 4.47. The Morgan fingerprint density at radius 2 is 1.60 bits per heavy atom. The molecule has 2 aromatic rings. The van der Waals surface area contributed by atoms with Gasteiger partial charge in [0.1, 0.15) is 5.69 Å². The third kappa shape index (κ3) is 5.11. The number of urea groups is 1. The molecule has 0 aliphatic heterocycles. The van der Waals surface area contributed by atoms with Crippen molar-refractivity contribution in [2.24, 2.45) is 7.05 Å². The number of aromatic nitrogens is 2. The molecule has 0 saturated carbocycles. The first-order valence-electron chi connectivity index (χ1n) is 9.30. The summed E-state index contributed by atoms with van der Waals surface area (Å²) in [6.45, 7) is 7.79. The number of nitrogens with zero attached hydrogens (tertiary/aromatic N) is 2. The van der Waals surface area contributed by atoms with Crippen LogP contribution in [0.4, 0.5) is 10.5 Å². The van der Waals surface area contributed by atoms with Gasteiger partial charge in [0.25, 0.3) is 15.9 Å². The first kappa shape index (κ1) is 23.7. The molecule has 9 nitrogen and oxygen atoms in total.